The van der Waals surface area contributed by atoms with Crippen molar-refractivity contribution in [3.8, 4) is 0 Å². The number of carbonyl (C=O) groups excluding carboxylic acids is 1. The van der Waals surface area contributed by atoms with E-state index in [2.05, 4.69) is 17.1 Å². The first kappa shape index (κ1) is 13.9. The summed E-state index contributed by atoms with van der Waals surface area (Å²) in [4.78, 5) is 14.1. The van der Waals surface area contributed by atoms with Crippen molar-refractivity contribution >= 4 is 5.91 Å². The van der Waals surface area contributed by atoms with Gasteiger partial charge in [-0.1, -0.05) is 6.92 Å². The molecule has 19 heavy (non-hydrogen) atoms. The molecule has 2 rings (SSSR count). The summed E-state index contributed by atoms with van der Waals surface area (Å²) in [5.74, 6) is -1.99. The van der Waals surface area contributed by atoms with E-state index in [-0.39, 0.29) is 5.56 Å². The molecule has 1 aliphatic heterocycles. The van der Waals surface area contributed by atoms with Gasteiger partial charge in [0.25, 0.3) is 5.91 Å². The van der Waals surface area contributed by atoms with E-state index in [1.807, 2.05) is 0 Å². The average Bonchev–Trinajstić information content (AvgIpc) is 2.83. The molecule has 1 fully saturated rings. The van der Waals surface area contributed by atoms with Gasteiger partial charge in [0, 0.05) is 18.7 Å². The zero-order chi connectivity index (χ0) is 13.8. The quantitative estimate of drug-likeness (QED) is 0.907. The zero-order valence-corrected chi connectivity index (χ0v) is 11.0. The molecule has 1 aromatic rings. The highest BCUT2D eigenvalue weighted by molar-refractivity contribution is 5.94. The fourth-order valence-electron chi connectivity index (χ4n) is 2.52. The lowest BCUT2D eigenvalue weighted by molar-refractivity contribution is 0.0937. The second kappa shape index (κ2) is 6.10. The Hall–Kier alpha value is -1.49. The number of carbonyl (C=O) groups is 1. The van der Waals surface area contributed by atoms with Crippen molar-refractivity contribution in [1.29, 1.82) is 0 Å². The highest BCUT2D eigenvalue weighted by atomic mass is 19.1. The van der Waals surface area contributed by atoms with Gasteiger partial charge < -0.3 is 5.32 Å². The molecule has 1 N–H and O–H groups in total. The topological polar surface area (TPSA) is 32.3 Å². The SMILES string of the molecule is CCN1CCCC1CNC(=O)c1ccc(F)cc1F. The first-order valence-corrected chi connectivity index (χ1v) is 6.59. The first-order chi connectivity index (χ1) is 9.11. The van der Waals surface area contributed by atoms with Crippen LogP contribution in [0.2, 0.25) is 0 Å². The Morgan fingerprint density at radius 2 is 2.26 bits per heavy atom. The Labute approximate surface area is 111 Å². The number of likely N-dealkylation sites (tertiary alicyclic amines) is 1. The Bertz CT molecular complexity index is 465. The second-order valence-corrected chi connectivity index (χ2v) is 4.76. The van der Waals surface area contributed by atoms with Crippen LogP contribution in [-0.4, -0.2) is 36.5 Å². The number of halogens is 2. The summed E-state index contributed by atoms with van der Waals surface area (Å²) < 4.78 is 26.2. The molecular weight excluding hydrogens is 250 g/mol. The molecule has 1 unspecified atom stereocenters. The van der Waals surface area contributed by atoms with E-state index in [4.69, 9.17) is 0 Å². The fraction of sp³-hybridized carbons (Fsp3) is 0.500. The molecule has 1 aliphatic rings. The van der Waals surface area contributed by atoms with Crippen molar-refractivity contribution in [2.45, 2.75) is 25.8 Å². The van der Waals surface area contributed by atoms with Crippen LogP contribution in [0.5, 0.6) is 0 Å². The summed E-state index contributed by atoms with van der Waals surface area (Å²) in [6.45, 7) is 4.58. The standard InChI is InChI=1S/C14H18F2N2O/c1-2-18-7-3-4-11(18)9-17-14(19)12-6-5-10(15)8-13(12)16/h5-6,8,11H,2-4,7,9H2,1H3,(H,17,19). The van der Waals surface area contributed by atoms with Gasteiger partial charge in [-0.05, 0) is 38.1 Å². The number of rotatable bonds is 4. The van der Waals surface area contributed by atoms with Crippen molar-refractivity contribution in [2.24, 2.45) is 0 Å². The molecule has 5 heteroatoms. The maximum Gasteiger partial charge on any atom is 0.254 e. The van der Waals surface area contributed by atoms with Crippen LogP contribution in [-0.2, 0) is 0 Å². The van der Waals surface area contributed by atoms with Gasteiger partial charge in [-0.25, -0.2) is 8.78 Å². The summed E-state index contributed by atoms with van der Waals surface area (Å²) in [5, 5.41) is 2.72. The molecule has 104 valence electrons. The van der Waals surface area contributed by atoms with Crippen molar-refractivity contribution in [2.75, 3.05) is 19.6 Å². The van der Waals surface area contributed by atoms with Gasteiger partial charge in [0.15, 0.2) is 0 Å². The van der Waals surface area contributed by atoms with E-state index in [1.165, 1.54) is 6.07 Å². The lowest BCUT2D eigenvalue weighted by Gasteiger charge is -2.22. The van der Waals surface area contributed by atoms with Gasteiger partial charge >= 0.3 is 0 Å². The third-order valence-corrected chi connectivity index (χ3v) is 3.58. The van der Waals surface area contributed by atoms with Gasteiger partial charge in [0.05, 0.1) is 5.56 Å². The fourth-order valence-corrected chi connectivity index (χ4v) is 2.52. The van der Waals surface area contributed by atoms with E-state index in [0.717, 1.165) is 38.1 Å². The summed E-state index contributed by atoms with van der Waals surface area (Å²) in [5.41, 5.74) is -0.109. The minimum atomic E-state index is -0.823. The molecule has 0 spiro atoms. The molecule has 1 saturated heterocycles. The summed E-state index contributed by atoms with van der Waals surface area (Å²) in [6.07, 6.45) is 2.17. The third-order valence-electron chi connectivity index (χ3n) is 3.58. The van der Waals surface area contributed by atoms with E-state index in [1.54, 1.807) is 0 Å². The van der Waals surface area contributed by atoms with Gasteiger partial charge in [-0.3, -0.25) is 9.69 Å². The minimum absolute atomic E-state index is 0.109. The number of benzene rings is 1. The number of nitrogens with one attached hydrogen (secondary N) is 1. The zero-order valence-electron chi connectivity index (χ0n) is 11.0. The van der Waals surface area contributed by atoms with Crippen molar-refractivity contribution < 1.29 is 13.6 Å². The van der Waals surface area contributed by atoms with Crippen LogP contribution in [0.1, 0.15) is 30.1 Å². The van der Waals surface area contributed by atoms with Gasteiger partial charge in [0.2, 0.25) is 0 Å². The highest BCUT2D eigenvalue weighted by Crippen LogP contribution is 2.16. The molecule has 0 aliphatic carbocycles. The molecule has 1 amide bonds. The van der Waals surface area contributed by atoms with Crippen LogP contribution >= 0.6 is 0 Å². The van der Waals surface area contributed by atoms with Crippen LogP contribution in [0.3, 0.4) is 0 Å². The van der Waals surface area contributed by atoms with Crippen LogP contribution in [0, 0.1) is 11.6 Å². The van der Waals surface area contributed by atoms with Gasteiger partial charge in [0.1, 0.15) is 11.6 Å². The van der Waals surface area contributed by atoms with Gasteiger partial charge in [-0.15, -0.1) is 0 Å². The average molecular weight is 268 g/mol. The predicted octanol–water partition coefficient (Wildman–Crippen LogP) is 2.18. The minimum Gasteiger partial charge on any atom is -0.350 e. The Morgan fingerprint density at radius 1 is 1.47 bits per heavy atom. The largest absolute Gasteiger partial charge is 0.350 e. The number of likely N-dealkylation sites (N-methyl/N-ethyl adjacent to an activating group) is 1. The first-order valence-electron chi connectivity index (χ1n) is 6.59. The van der Waals surface area contributed by atoms with Crippen LogP contribution in [0.15, 0.2) is 18.2 Å². The van der Waals surface area contributed by atoms with Crippen molar-refractivity contribution in [3.05, 3.63) is 35.4 Å². The maximum absolute atomic E-state index is 13.4. The van der Waals surface area contributed by atoms with E-state index < -0.39 is 17.5 Å². The van der Waals surface area contributed by atoms with Gasteiger partial charge in [-0.2, -0.15) is 0 Å². The molecule has 0 aromatic heterocycles. The molecule has 0 radical (unpaired) electrons. The van der Waals surface area contributed by atoms with Crippen LogP contribution in [0.25, 0.3) is 0 Å². The molecule has 0 bridgehead atoms. The number of amides is 1. The third kappa shape index (κ3) is 3.29. The lowest BCUT2D eigenvalue weighted by Crippen LogP contribution is -2.40. The molecular formula is C14H18F2N2O. The monoisotopic (exact) mass is 268 g/mol. The normalized spacial score (nSPS) is 19.6. The summed E-state index contributed by atoms with van der Waals surface area (Å²) in [7, 11) is 0. The summed E-state index contributed by atoms with van der Waals surface area (Å²) in [6, 6.07) is 3.30. The number of hydrogen-bond donors (Lipinski definition) is 1. The van der Waals surface area contributed by atoms with Crippen molar-refractivity contribution in [3.63, 3.8) is 0 Å². The van der Waals surface area contributed by atoms with Crippen LogP contribution in [0.4, 0.5) is 8.78 Å². The molecule has 1 atom stereocenters. The second-order valence-electron chi connectivity index (χ2n) is 4.76. The van der Waals surface area contributed by atoms with Crippen LogP contribution < -0.4 is 5.32 Å². The highest BCUT2D eigenvalue weighted by Gasteiger charge is 2.23. The van der Waals surface area contributed by atoms with E-state index >= 15 is 0 Å². The number of nitrogens with zero attached hydrogens (tertiary/aromatic N) is 1. The predicted molar refractivity (Wildman–Crippen MR) is 69.0 cm³/mol. The van der Waals surface area contributed by atoms with E-state index in [9.17, 15) is 13.6 Å². The Kier molecular flexibility index (Phi) is 4.47. The van der Waals surface area contributed by atoms with Crippen molar-refractivity contribution in [1.82, 2.24) is 10.2 Å². The molecule has 3 nitrogen and oxygen atoms in total. The summed E-state index contributed by atoms with van der Waals surface area (Å²) >= 11 is 0. The molecule has 0 saturated carbocycles. The smallest absolute Gasteiger partial charge is 0.254 e. The van der Waals surface area contributed by atoms with E-state index in [0.29, 0.717) is 12.6 Å². The molecule has 1 aromatic carbocycles. The Balaban J connectivity index is 1.94. The lowest BCUT2D eigenvalue weighted by atomic mass is 10.1. The molecule has 1 heterocycles. The Morgan fingerprint density at radius 3 is 2.95 bits per heavy atom. The maximum atomic E-state index is 13.4. The number of hydrogen-bond acceptors (Lipinski definition) is 2.